The Morgan fingerprint density at radius 3 is 2.54 bits per heavy atom. The van der Waals surface area contributed by atoms with Gasteiger partial charge in [0.2, 0.25) is 0 Å². The molecule has 1 heterocycles. The fourth-order valence-corrected chi connectivity index (χ4v) is 7.98. The number of carbonyl (C=O) groups excluding carboxylic acids is 1. The first-order valence-electron chi connectivity index (χ1n) is 9.98. The zero-order chi connectivity index (χ0) is 16.3. The fraction of sp³-hybridized carbons (Fsp3) is 0.762. The first-order chi connectivity index (χ1) is 11.6. The van der Waals surface area contributed by atoms with Crippen molar-refractivity contribution in [1.82, 2.24) is 5.32 Å². The summed E-state index contributed by atoms with van der Waals surface area (Å²) in [5.41, 5.74) is 2.79. The quantitative estimate of drug-likeness (QED) is 0.837. The molecule has 3 heteroatoms. The van der Waals surface area contributed by atoms with E-state index in [0.717, 1.165) is 42.2 Å². The summed E-state index contributed by atoms with van der Waals surface area (Å²) in [5.74, 6) is 3.87. The highest BCUT2D eigenvalue weighted by molar-refractivity contribution is 7.10. The molecule has 5 aliphatic carbocycles. The lowest BCUT2D eigenvalue weighted by atomic mass is 9.49. The molecular formula is C21H29NOS. The number of thiophene rings is 1. The van der Waals surface area contributed by atoms with Crippen LogP contribution in [-0.2, 0) is 12.8 Å². The molecule has 1 unspecified atom stereocenters. The van der Waals surface area contributed by atoms with E-state index < -0.39 is 0 Å². The maximum Gasteiger partial charge on any atom is 0.252 e. The first kappa shape index (κ1) is 15.4. The zero-order valence-electron chi connectivity index (χ0n) is 14.8. The predicted molar refractivity (Wildman–Crippen MR) is 98.4 cm³/mol. The molecule has 2 nitrogen and oxygen atoms in total. The zero-order valence-corrected chi connectivity index (χ0v) is 15.6. The van der Waals surface area contributed by atoms with Gasteiger partial charge < -0.3 is 5.32 Å². The smallest absolute Gasteiger partial charge is 0.252 e. The maximum atomic E-state index is 12.8. The van der Waals surface area contributed by atoms with Gasteiger partial charge in [-0.1, -0.05) is 6.92 Å². The molecule has 5 aliphatic rings. The van der Waals surface area contributed by atoms with Gasteiger partial charge in [0.15, 0.2) is 0 Å². The Labute approximate surface area is 149 Å². The number of hydrogen-bond acceptors (Lipinski definition) is 2. The third kappa shape index (κ3) is 2.55. The minimum Gasteiger partial charge on any atom is -0.351 e. The van der Waals surface area contributed by atoms with E-state index in [2.05, 4.69) is 17.6 Å². The standard InChI is InChI=1S/C21H29NOS/c1-13-2-3-17-18(11-24-19(17)4-13)20(23)22-12-21-8-14-5-15(9-21)7-16(6-14)10-21/h11,13-16H,2-10,12H2,1H3,(H,22,23). The molecule has 1 atom stereocenters. The number of fused-ring (bicyclic) bond motifs is 1. The second kappa shape index (κ2) is 5.59. The Morgan fingerprint density at radius 1 is 1.21 bits per heavy atom. The highest BCUT2D eigenvalue weighted by Gasteiger charge is 2.50. The second-order valence-corrected chi connectivity index (χ2v) is 10.5. The number of rotatable bonds is 3. The fourth-order valence-electron chi connectivity index (χ4n) is 6.74. The second-order valence-electron chi connectivity index (χ2n) is 9.50. The Kier molecular flexibility index (Phi) is 3.59. The van der Waals surface area contributed by atoms with E-state index >= 15 is 0 Å². The van der Waals surface area contributed by atoms with Crippen LogP contribution >= 0.6 is 11.3 Å². The minimum absolute atomic E-state index is 0.206. The summed E-state index contributed by atoms with van der Waals surface area (Å²) in [4.78, 5) is 14.3. The molecule has 4 saturated carbocycles. The molecule has 6 rings (SSSR count). The molecule has 1 aromatic rings. The van der Waals surface area contributed by atoms with Crippen LogP contribution in [0.3, 0.4) is 0 Å². The van der Waals surface area contributed by atoms with E-state index in [1.54, 1.807) is 0 Å². The molecule has 130 valence electrons. The Hall–Kier alpha value is -0.830. The predicted octanol–water partition coefficient (Wildman–Crippen LogP) is 4.82. The van der Waals surface area contributed by atoms with Crippen LogP contribution in [0, 0.1) is 29.1 Å². The van der Waals surface area contributed by atoms with Crippen molar-refractivity contribution in [1.29, 1.82) is 0 Å². The van der Waals surface area contributed by atoms with Crippen LogP contribution in [0.2, 0.25) is 0 Å². The number of carbonyl (C=O) groups is 1. The number of nitrogens with one attached hydrogen (secondary N) is 1. The molecule has 1 amide bonds. The van der Waals surface area contributed by atoms with Gasteiger partial charge in [-0.3, -0.25) is 4.79 Å². The summed E-state index contributed by atoms with van der Waals surface area (Å²) in [5, 5.41) is 5.49. The van der Waals surface area contributed by atoms with Gasteiger partial charge in [0.25, 0.3) is 5.91 Å². The Balaban J connectivity index is 1.28. The minimum atomic E-state index is 0.206. The van der Waals surface area contributed by atoms with Crippen LogP contribution in [-0.4, -0.2) is 12.5 Å². The van der Waals surface area contributed by atoms with Crippen LogP contribution in [0.5, 0.6) is 0 Å². The first-order valence-corrected chi connectivity index (χ1v) is 10.9. The molecule has 0 radical (unpaired) electrons. The molecule has 4 bridgehead atoms. The summed E-state index contributed by atoms with van der Waals surface area (Å²) < 4.78 is 0. The Bertz CT molecular complexity index is 626. The van der Waals surface area contributed by atoms with Crippen LogP contribution in [0.15, 0.2) is 5.38 Å². The average Bonchev–Trinajstić information content (AvgIpc) is 2.94. The molecule has 0 spiro atoms. The van der Waals surface area contributed by atoms with Crippen molar-refractivity contribution in [2.45, 2.75) is 64.7 Å². The van der Waals surface area contributed by atoms with Crippen molar-refractivity contribution in [2.24, 2.45) is 29.1 Å². The Morgan fingerprint density at radius 2 is 1.88 bits per heavy atom. The van der Waals surface area contributed by atoms with Crippen LogP contribution in [0.25, 0.3) is 0 Å². The molecule has 0 aromatic carbocycles. The van der Waals surface area contributed by atoms with Crippen molar-refractivity contribution in [3.63, 3.8) is 0 Å². The van der Waals surface area contributed by atoms with E-state index in [1.165, 1.54) is 61.8 Å². The maximum absolute atomic E-state index is 12.8. The largest absolute Gasteiger partial charge is 0.351 e. The van der Waals surface area contributed by atoms with Crippen molar-refractivity contribution in [3.05, 3.63) is 21.4 Å². The molecule has 0 saturated heterocycles. The molecule has 1 N–H and O–H groups in total. The SMILES string of the molecule is CC1CCc2c(C(=O)NCC34CC5CC(CC(C5)C3)C4)csc2C1. The van der Waals surface area contributed by atoms with Gasteiger partial charge in [-0.05, 0) is 92.4 Å². The average molecular weight is 344 g/mol. The summed E-state index contributed by atoms with van der Waals surface area (Å²) in [7, 11) is 0. The lowest BCUT2D eigenvalue weighted by molar-refractivity contribution is -0.0503. The van der Waals surface area contributed by atoms with Crippen LogP contribution in [0.4, 0.5) is 0 Å². The van der Waals surface area contributed by atoms with Gasteiger partial charge in [-0.25, -0.2) is 0 Å². The summed E-state index contributed by atoms with van der Waals surface area (Å²) in [6, 6.07) is 0. The number of amides is 1. The molecule has 0 aliphatic heterocycles. The summed E-state index contributed by atoms with van der Waals surface area (Å²) in [6.45, 7) is 3.26. The van der Waals surface area contributed by atoms with E-state index in [9.17, 15) is 4.79 Å². The third-order valence-electron chi connectivity index (χ3n) is 7.44. The third-order valence-corrected chi connectivity index (χ3v) is 8.49. The van der Waals surface area contributed by atoms with Crippen molar-refractivity contribution < 1.29 is 4.79 Å². The number of hydrogen-bond donors (Lipinski definition) is 1. The van der Waals surface area contributed by atoms with Crippen LogP contribution < -0.4 is 5.32 Å². The monoisotopic (exact) mass is 343 g/mol. The van der Waals surface area contributed by atoms with Gasteiger partial charge in [0.05, 0.1) is 5.56 Å². The van der Waals surface area contributed by atoms with Crippen molar-refractivity contribution in [2.75, 3.05) is 6.54 Å². The van der Waals surface area contributed by atoms with E-state index in [-0.39, 0.29) is 5.91 Å². The molecule has 24 heavy (non-hydrogen) atoms. The highest BCUT2D eigenvalue weighted by Crippen LogP contribution is 2.59. The van der Waals surface area contributed by atoms with Crippen molar-refractivity contribution in [3.8, 4) is 0 Å². The highest BCUT2D eigenvalue weighted by atomic mass is 32.1. The molecule has 1 aromatic heterocycles. The van der Waals surface area contributed by atoms with Gasteiger partial charge in [0, 0.05) is 16.8 Å². The summed E-state index contributed by atoms with van der Waals surface area (Å²) in [6.07, 6.45) is 12.0. The van der Waals surface area contributed by atoms with E-state index in [0.29, 0.717) is 5.41 Å². The van der Waals surface area contributed by atoms with Gasteiger partial charge in [0.1, 0.15) is 0 Å². The van der Waals surface area contributed by atoms with Crippen molar-refractivity contribution >= 4 is 17.2 Å². The summed E-state index contributed by atoms with van der Waals surface area (Å²) >= 11 is 1.81. The lowest BCUT2D eigenvalue weighted by Crippen LogP contribution is -2.51. The lowest BCUT2D eigenvalue weighted by Gasteiger charge is -2.56. The van der Waals surface area contributed by atoms with Crippen LogP contribution in [0.1, 0.15) is 72.7 Å². The van der Waals surface area contributed by atoms with E-state index in [1.807, 2.05) is 11.3 Å². The van der Waals surface area contributed by atoms with Gasteiger partial charge >= 0.3 is 0 Å². The normalized spacial score (nSPS) is 39.7. The van der Waals surface area contributed by atoms with Gasteiger partial charge in [-0.15, -0.1) is 11.3 Å². The molecule has 4 fully saturated rings. The van der Waals surface area contributed by atoms with E-state index in [4.69, 9.17) is 0 Å². The van der Waals surface area contributed by atoms with Gasteiger partial charge in [-0.2, -0.15) is 0 Å². The molecular weight excluding hydrogens is 314 g/mol. The topological polar surface area (TPSA) is 29.1 Å².